The molecule has 3 heterocycles. The van der Waals surface area contributed by atoms with Crippen molar-refractivity contribution in [3.8, 4) is 6.07 Å². The number of nitriles is 1. The van der Waals surface area contributed by atoms with Crippen LogP contribution >= 0.6 is 23.2 Å². The molecule has 0 aliphatic carbocycles. The van der Waals surface area contributed by atoms with Gasteiger partial charge in [0.25, 0.3) is 0 Å². The van der Waals surface area contributed by atoms with Gasteiger partial charge in [0.1, 0.15) is 17.6 Å². The number of anilines is 3. The first-order valence-electron chi connectivity index (χ1n) is 13.6. The second-order valence-electron chi connectivity index (χ2n) is 10.4. The highest BCUT2D eigenvalue weighted by molar-refractivity contribution is 6.32. The average Bonchev–Trinajstić information content (AvgIpc) is 3.65. The molecule has 2 aromatic heterocycles. The fourth-order valence-corrected chi connectivity index (χ4v) is 5.77. The molecule has 1 aliphatic heterocycles. The third kappa shape index (κ3) is 5.88. The number of halogens is 3. The number of likely N-dealkylation sites (tertiary alicyclic amines) is 1. The molecular formula is C31H27Cl2FN8. The Labute approximate surface area is 252 Å². The van der Waals surface area contributed by atoms with Crippen molar-refractivity contribution in [2.75, 3.05) is 23.7 Å². The van der Waals surface area contributed by atoms with E-state index in [1.807, 2.05) is 13.2 Å². The van der Waals surface area contributed by atoms with Crippen molar-refractivity contribution in [2.45, 2.75) is 25.4 Å². The maximum absolute atomic E-state index is 13.8. The molecule has 11 heteroatoms. The molecule has 0 bridgehead atoms. The van der Waals surface area contributed by atoms with E-state index in [1.54, 1.807) is 22.9 Å². The fraction of sp³-hybridized carbons (Fsp3) is 0.226. The second kappa shape index (κ2) is 11.9. The van der Waals surface area contributed by atoms with Crippen LogP contribution in [0.25, 0.3) is 10.9 Å². The van der Waals surface area contributed by atoms with Crippen LogP contribution in [-0.2, 0) is 13.6 Å². The van der Waals surface area contributed by atoms with E-state index >= 15 is 0 Å². The molecule has 212 valence electrons. The van der Waals surface area contributed by atoms with Gasteiger partial charge in [0.05, 0.1) is 39.7 Å². The van der Waals surface area contributed by atoms with Gasteiger partial charge in [-0.1, -0.05) is 52.7 Å². The normalized spacial score (nSPS) is 14.2. The zero-order valence-electron chi connectivity index (χ0n) is 22.8. The minimum Gasteiger partial charge on any atom is -0.371 e. The number of aryl methyl sites for hydroxylation is 1. The lowest BCUT2D eigenvalue weighted by Crippen LogP contribution is -2.19. The average molecular weight is 602 g/mol. The number of fused-ring (bicyclic) bond motifs is 1. The van der Waals surface area contributed by atoms with Gasteiger partial charge in [-0.2, -0.15) is 5.26 Å². The summed E-state index contributed by atoms with van der Waals surface area (Å²) in [6.45, 7) is 3.12. The fourth-order valence-electron chi connectivity index (χ4n) is 5.37. The molecule has 2 N–H and O–H groups in total. The molecule has 1 aliphatic rings. The van der Waals surface area contributed by atoms with Crippen LogP contribution in [0.1, 0.15) is 41.3 Å². The SMILES string of the molecule is Cn1cc(C(Nc2cc(Cl)cc3c(Nc4ccc(F)c(Cl)c4)c(C#N)cnc23)c2cccc(CN3CCCC3)c2)nn1. The molecule has 1 fully saturated rings. The van der Waals surface area contributed by atoms with Gasteiger partial charge in [-0.25, -0.2) is 4.39 Å². The van der Waals surface area contributed by atoms with E-state index in [2.05, 4.69) is 61.2 Å². The largest absolute Gasteiger partial charge is 0.371 e. The monoisotopic (exact) mass is 600 g/mol. The standard InChI is InChI=1S/C31H27Cl2FN8/c1-41-18-28(39-40-41)30(20-6-4-5-19(11-20)17-42-9-2-3-10-42)38-27-13-22(32)12-24-29(21(15-35)16-36-31(24)27)37-23-7-8-26(34)25(33)14-23/h4-8,11-14,16,18,30,38H,2-3,9-10,17H2,1H3,(H,36,37). The van der Waals surface area contributed by atoms with Gasteiger partial charge in [0, 0.05) is 35.9 Å². The van der Waals surface area contributed by atoms with E-state index in [0.717, 1.165) is 30.9 Å². The summed E-state index contributed by atoms with van der Waals surface area (Å²) in [5, 5.41) is 26.4. The molecule has 1 saturated heterocycles. The van der Waals surface area contributed by atoms with Gasteiger partial charge in [0.15, 0.2) is 0 Å². The van der Waals surface area contributed by atoms with Crippen LogP contribution in [0.15, 0.2) is 67.0 Å². The minimum absolute atomic E-state index is 0.0315. The molecule has 0 spiro atoms. The van der Waals surface area contributed by atoms with Crippen molar-refractivity contribution >= 4 is 51.2 Å². The molecule has 1 atom stereocenters. The van der Waals surface area contributed by atoms with Crippen molar-refractivity contribution in [2.24, 2.45) is 7.05 Å². The summed E-state index contributed by atoms with van der Waals surface area (Å²) >= 11 is 12.7. The Bertz CT molecular complexity index is 1810. The van der Waals surface area contributed by atoms with Crippen molar-refractivity contribution in [3.05, 3.63) is 105 Å². The molecule has 6 rings (SSSR count). The number of pyridine rings is 1. The lowest BCUT2D eigenvalue weighted by molar-refractivity contribution is 0.331. The maximum atomic E-state index is 13.8. The van der Waals surface area contributed by atoms with E-state index in [-0.39, 0.29) is 11.1 Å². The number of nitrogens with one attached hydrogen (secondary N) is 2. The van der Waals surface area contributed by atoms with Gasteiger partial charge >= 0.3 is 0 Å². The van der Waals surface area contributed by atoms with Gasteiger partial charge in [0.2, 0.25) is 0 Å². The molecule has 42 heavy (non-hydrogen) atoms. The Morgan fingerprint density at radius 2 is 1.93 bits per heavy atom. The zero-order chi connectivity index (χ0) is 29.2. The quantitative estimate of drug-likeness (QED) is 0.194. The molecule has 0 amide bonds. The van der Waals surface area contributed by atoms with Gasteiger partial charge < -0.3 is 10.6 Å². The van der Waals surface area contributed by atoms with Crippen molar-refractivity contribution in [3.63, 3.8) is 0 Å². The Kier molecular flexibility index (Phi) is 7.94. The van der Waals surface area contributed by atoms with Crippen molar-refractivity contribution < 1.29 is 4.39 Å². The third-order valence-electron chi connectivity index (χ3n) is 7.35. The number of hydrogen-bond donors (Lipinski definition) is 2. The minimum atomic E-state index is -0.531. The van der Waals surface area contributed by atoms with Crippen LogP contribution in [0.5, 0.6) is 0 Å². The summed E-state index contributed by atoms with van der Waals surface area (Å²) in [6, 6.07) is 18.1. The van der Waals surface area contributed by atoms with Crippen molar-refractivity contribution in [1.82, 2.24) is 24.9 Å². The molecule has 0 radical (unpaired) electrons. The summed E-state index contributed by atoms with van der Waals surface area (Å²) in [4.78, 5) is 7.11. The van der Waals surface area contributed by atoms with E-state index in [4.69, 9.17) is 23.2 Å². The number of rotatable bonds is 8. The zero-order valence-corrected chi connectivity index (χ0v) is 24.3. The van der Waals surface area contributed by atoms with Crippen LogP contribution < -0.4 is 10.6 Å². The lowest BCUT2D eigenvalue weighted by Gasteiger charge is -2.22. The number of nitrogens with zero attached hydrogens (tertiary/aromatic N) is 6. The smallest absolute Gasteiger partial charge is 0.141 e. The first kappa shape index (κ1) is 27.9. The molecule has 3 aromatic carbocycles. The van der Waals surface area contributed by atoms with E-state index in [0.29, 0.717) is 38.6 Å². The maximum Gasteiger partial charge on any atom is 0.141 e. The Hall–Kier alpha value is -4.23. The summed E-state index contributed by atoms with van der Waals surface area (Å²) < 4.78 is 15.5. The highest BCUT2D eigenvalue weighted by Crippen LogP contribution is 2.38. The number of benzene rings is 3. The van der Waals surface area contributed by atoms with Crippen LogP contribution in [0.3, 0.4) is 0 Å². The van der Waals surface area contributed by atoms with Crippen LogP contribution in [-0.4, -0.2) is 38.0 Å². The van der Waals surface area contributed by atoms with Gasteiger partial charge in [-0.15, -0.1) is 5.10 Å². The predicted octanol–water partition coefficient (Wildman–Crippen LogP) is 7.22. The number of hydrogen-bond acceptors (Lipinski definition) is 7. The summed E-state index contributed by atoms with van der Waals surface area (Å²) in [6.07, 6.45) is 5.85. The van der Waals surface area contributed by atoms with Crippen LogP contribution in [0, 0.1) is 17.1 Å². The molecule has 5 aromatic rings. The molecule has 0 saturated carbocycles. The Balaban J connectivity index is 1.42. The van der Waals surface area contributed by atoms with E-state index < -0.39 is 5.82 Å². The number of aromatic nitrogens is 4. The molecule has 8 nitrogen and oxygen atoms in total. The first-order chi connectivity index (χ1) is 20.4. The van der Waals surface area contributed by atoms with Gasteiger partial charge in [-0.05, 0) is 67.4 Å². The van der Waals surface area contributed by atoms with E-state index in [1.165, 1.54) is 36.7 Å². The molecular weight excluding hydrogens is 574 g/mol. The van der Waals surface area contributed by atoms with Crippen LogP contribution in [0.2, 0.25) is 10.0 Å². The molecule has 1 unspecified atom stereocenters. The Morgan fingerprint density at radius 1 is 1.10 bits per heavy atom. The summed E-state index contributed by atoms with van der Waals surface area (Å²) in [5.74, 6) is -0.531. The summed E-state index contributed by atoms with van der Waals surface area (Å²) in [7, 11) is 1.83. The van der Waals surface area contributed by atoms with Crippen molar-refractivity contribution in [1.29, 1.82) is 5.26 Å². The Morgan fingerprint density at radius 3 is 2.67 bits per heavy atom. The van der Waals surface area contributed by atoms with Crippen LogP contribution in [0.4, 0.5) is 21.5 Å². The first-order valence-corrected chi connectivity index (χ1v) is 14.3. The highest BCUT2D eigenvalue weighted by atomic mass is 35.5. The van der Waals surface area contributed by atoms with E-state index in [9.17, 15) is 9.65 Å². The summed E-state index contributed by atoms with van der Waals surface area (Å²) in [5.41, 5.74) is 5.54. The third-order valence-corrected chi connectivity index (χ3v) is 7.86. The predicted molar refractivity (Wildman–Crippen MR) is 164 cm³/mol. The topological polar surface area (TPSA) is 94.7 Å². The van der Waals surface area contributed by atoms with Gasteiger partial charge in [-0.3, -0.25) is 14.6 Å². The highest BCUT2D eigenvalue weighted by Gasteiger charge is 2.22. The lowest BCUT2D eigenvalue weighted by atomic mass is 10.00. The second-order valence-corrected chi connectivity index (χ2v) is 11.2.